The fourth-order valence-electron chi connectivity index (χ4n) is 3.99. The molecule has 3 aromatic rings. The number of amides is 1. The molecule has 2 heterocycles. The van der Waals surface area contributed by atoms with E-state index in [0.717, 1.165) is 48.5 Å². The molecule has 1 saturated heterocycles. The normalized spacial score (nSPS) is 17.2. The van der Waals surface area contributed by atoms with Crippen molar-refractivity contribution in [1.82, 2.24) is 20.2 Å². The van der Waals surface area contributed by atoms with Crippen molar-refractivity contribution in [1.29, 1.82) is 0 Å². The van der Waals surface area contributed by atoms with Gasteiger partial charge < -0.3 is 15.2 Å². The Hall–Kier alpha value is -2.66. The number of hydrogen-bond acceptors (Lipinski definition) is 3. The molecule has 1 aliphatic rings. The van der Waals surface area contributed by atoms with E-state index in [4.69, 9.17) is 0 Å². The number of fused-ring (bicyclic) bond motifs is 1. The largest absolute Gasteiger partial charge is 0.342 e. The number of aryl methyl sites for hydroxylation is 3. The number of aromatic amines is 1. The quantitative estimate of drug-likeness (QED) is 0.716. The van der Waals surface area contributed by atoms with Crippen LogP contribution in [-0.4, -0.2) is 40.4 Å². The molecule has 0 aliphatic carbocycles. The molecule has 1 amide bonds. The number of piperazine rings is 1. The van der Waals surface area contributed by atoms with Crippen molar-refractivity contribution in [3.63, 3.8) is 0 Å². The number of imidazole rings is 1. The molecule has 0 bridgehead atoms. The zero-order valence-corrected chi connectivity index (χ0v) is 16.7. The highest BCUT2D eigenvalue weighted by atomic mass is 16.2. The Labute approximate surface area is 166 Å². The maximum absolute atomic E-state index is 13.0. The fourth-order valence-corrected chi connectivity index (χ4v) is 3.99. The molecule has 1 fully saturated rings. The zero-order valence-electron chi connectivity index (χ0n) is 16.7. The van der Waals surface area contributed by atoms with E-state index in [1.54, 1.807) is 0 Å². The van der Waals surface area contributed by atoms with Gasteiger partial charge in [0, 0.05) is 32.5 Å². The number of carbonyl (C=O) groups excluding carboxylic acids is 1. The van der Waals surface area contributed by atoms with Crippen molar-refractivity contribution < 1.29 is 4.79 Å². The monoisotopic (exact) mass is 376 g/mol. The third-order valence-corrected chi connectivity index (χ3v) is 5.68. The number of carbonyl (C=O) groups is 1. The lowest BCUT2D eigenvalue weighted by Gasteiger charge is -2.36. The van der Waals surface area contributed by atoms with Crippen molar-refractivity contribution in [2.24, 2.45) is 0 Å². The number of H-pyrrole nitrogens is 1. The fraction of sp³-hybridized carbons (Fsp3) is 0.391. The van der Waals surface area contributed by atoms with Gasteiger partial charge in [-0.2, -0.15) is 0 Å². The van der Waals surface area contributed by atoms with Crippen LogP contribution >= 0.6 is 0 Å². The molecular formula is C23H28N4O. The summed E-state index contributed by atoms with van der Waals surface area (Å²) in [6.45, 7) is 6.62. The Morgan fingerprint density at radius 2 is 2.04 bits per heavy atom. The lowest BCUT2D eigenvalue weighted by molar-refractivity contribution is -0.134. The predicted octanol–water partition coefficient (Wildman–Crippen LogP) is 3.54. The van der Waals surface area contributed by atoms with Gasteiger partial charge in [0.2, 0.25) is 5.91 Å². The minimum absolute atomic E-state index is 0.102. The summed E-state index contributed by atoms with van der Waals surface area (Å²) >= 11 is 0. The molecule has 5 nitrogen and oxygen atoms in total. The Kier molecular flexibility index (Phi) is 5.44. The highest BCUT2D eigenvalue weighted by Crippen LogP contribution is 2.24. The number of nitrogens with one attached hydrogen (secondary N) is 2. The zero-order chi connectivity index (χ0) is 19.5. The second-order valence-electron chi connectivity index (χ2n) is 7.56. The van der Waals surface area contributed by atoms with E-state index in [-0.39, 0.29) is 11.9 Å². The third-order valence-electron chi connectivity index (χ3n) is 5.68. The Bertz CT molecular complexity index is 960. The summed E-state index contributed by atoms with van der Waals surface area (Å²) in [5.74, 6) is 1.08. The molecule has 1 aromatic heterocycles. The van der Waals surface area contributed by atoms with E-state index in [1.165, 1.54) is 11.1 Å². The van der Waals surface area contributed by atoms with Crippen LogP contribution < -0.4 is 5.32 Å². The SMILES string of the molecule is CCc1ccc(C2CNCCN2C(=O)CCc2nc3c(C)cccc3[nH]2)cc1. The Morgan fingerprint density at radius 1 is 1.21 bits per heavy atom. The van der Waals surface area contributed by atoms with Crippen LogP contribution in [0, 0.1) is 6.92 Å². The maximum Gasteiger partial charge on any atom is 0.223 e. The second-order valence-corrected chi connectivity index (χ2v) is 7.56. The first-order valence-corrected chi connectivity index (χ1v) is 10.2. The molecule has 1 aliphatic heterocycles. The molecule has 28 heavy (non-hydrogen) atoms. The van der Waals surface area contributed by atoms with Gasteiger partial charge in [-0.1, -0.05) is 43.3 Å². The number of hydrogen-bond donors (Lipinski definition) is 2. The van der Waals surface area contributed by atoms with Crippen LogP contribution in [0.4, 0.5) is 0 Å². The van der Waals surface area contributed by atoms with Gasteiger partial charge in [-0.3, -0.25) is 4.79 Å². The molecule has 2 aromatic carbocycles. The average Bonchev–Trinajstić information content (AvgIpc) is 3.17. The first kappa shape index (κ1) is 18.7. The molecule has 0 spiro atoms. The topological polar surface area (TPSA) is 61.0 Å². The molecule has 1 atom stereocenters. The van der Waals surface area contributed by atoms with Gasteiger partial charge in [0.25, 0.3) is 0 Å². The predicted molar refractivity (Wildman–Crippen MR) is 112 cm³/mol. The Balaban J connectivity index is 1.46. The van der Waals surface area contributed by atoms with Crippen LogP contribution in [0.1, 0.15) is 41.9 Å². The van der Waals surface area contributed by atoms with Crippen LogP contribution in [0.25, 0.3) is 11.0 Å². The minimum Gasteiger partial charge on any atom is -0.342 e. The molecule has 0 radical (unpaired) electrons. The summed E-state index contributed by atoms with van der Waals surface area (Å²) < 4.78 is 0. The van der Waals surface area contributed by atoms with Gasteiger partial charge >= 0.3 is 0 Å². The summed E-state index contributed by atoms with van der Waals surface area (Å²) in [7, 11) is 0. The van der Waals surface area contributed by atoms with E-state index < -0.39 is 0 Å². The standard InChI is InChI=1S/C23H28N4O/c1-3-17-7-9-18(10-8-17)20-15-24-13-14-27(20)22(28)12-11-21-25-19-6-4-5-16(2)23(19)26-21/h4-10,20,24H,3,11-15H2,1-2H3,(H,25,26). The molecule has 1 unspecified atom stereocenters. The van der Waals surface area contributed by atoms with Crippen LogP contribution in [0.5, 0.6) is 0 Å². The second kappa shape index (κ2) is 8.15. The number of nitrogens with zero attached hydrogens (tertiary/aromatic N) is 2. The van der Waals surface area contributed by atoms with Crippen molar-refractivity contribution >= 4 is 16.9 Å². The van der Waals surface area contributed by atoms with Crippen molar-refractivity contribution in [2.75, 3.05) is 19.6 Å². The van der Waals surface area contributed by atoms with Crippen LogP contribution in [-0.2, 0) is 17.6 Å². The van der Waals surface area contributed by atoms with Crippen molar-refractivity contribution in [3.8, 4) is 0 Å². The van der Waals surface area contributed by atoms with E-state index in [0.29, 0.717) is 12.8 Å². The van der Waals surface area contributed by atoms with Crippen LogP contribution in [0.3, 0.4) is 0 Å². The smallest absolute Gasteiger partial charge is 0.223 e. The van der Waals surface area contributed by atoms with Gasteiger partial charge in [-0.05, 0) is 36.1 Å². The molecular weight excluding hydrogens is 348 g/mol. The molecule has 0 saturated carbocycles. The van der Waals surface area contributed by atoms with E-state index in [2.05, 4.69) is 59.5 Å². The van der Waals surface area contributed by atoms with E-state index >= 15 is 0 Å². The van der Waals surface area contributed by atoms with E-state index in [9.17, 15) is 4.79 Å². The number of aromatic nitrogens is 2. The summed E-state index contributed by atoms with van der Waals surface area (Å²) in [4.78, 5) is 23.1. The van der Waals surface area contributed by atoms with Crippen molar-refractivity contribution in [2.45, 2.75) is 39.2 Å². The highest BCUT2D eigenvalue weighted by Gasteiger charge is 2.27. The summed E-state index contributed by atoms with van der Waals surface area (Å²) in [6.07, 6.45) is 2.14. The Morgan fingerprint density at radius 3 is 2.79 bits per heavy atom. The summed E-state index contributed by atoms with van der Waals surface area (Å²) in [5, 5.41) is 3.43. The maximum atomic E-state index is 13.0. The molecule has 146 valence electrons. The summed E-state index contributed by atoms with van der Waals surface area (Å²) in [5.41, 5.74) is 5.73. The highest BCUT2D eigenvalue weighted by molar-refractivity contribution is 5.79. The van der Waals surface area contributed by atoms with Crippen LogP contribution in [0.2, 0.25) is 0 Å². The number of benzene rings is 2. The van der Waals surface area contributed by atoms with Gasteiger partial charge in [0.15, 0.2) is 0 Å². The van der Waals surface area contributed by atoms with Crippen molar-refractivity contribution in [3.05, 3.63) is 65.0 Å². The number of rotatable bonds is 5. The molecule has 5 heteroatoms. The third kappa shape index (κ3) is 3.80. The molecule has 4 rings (SSSR count). The van der Waals surface area contributed by atoms with Gasteiger partial charge in [0.05, 0.1) is 17.1 Å². The van der Waals surface area contributed by atoms with Gasteiger partial charge in [0.1, 0.15) is 5.82 Å². The van der Waals surface area contributed by atoms with Gasteiger partial charge in [-0.25, -0.2) is 4.98 Å². The molecule has 2 N–H and O–H groups in total. The first-order valence-electron chi connectivity index (χ1n) is 10.2. The van der Waals surface area contributed by atoms with Gasteiger partial charge in [-0.15, -0.1) is 0 Å². The number of para-hydroxylation sites is 1. The summed E-state index contributed by atoms with van der Waals surface area (Å²) in [6, 6.07) is 14.9. The lowest BCUT2D eigenvalue weighted by atomic mass is 10.0. The van der Waals surface area contributed by atoms with Crippen LogP contribution in [0.15, 0.2) is 42.5 Å². The minimum atomic E-state index is 0.102. The lowest BCUT2D eigenvalue weighted by Crippen LogP contribution is -2.48. The first-order chi connectivity index (χ1) is 13.7. The van der Waals surface area contributed by atoms with E-state index in [1.807, 2.05) is 17.0 Å². The average molecular weight is 377 g/mol.